The van der Waals surface area contributed by atoms with E-state index in [1.165, 1.54) is 42.1 Å². The minimum Gasteiger partial charge on any atom is -0.456 e. The molecule has 0 atom stereocenters. The van der Waals surface area contributed by atoms with E-state index in [0.717, 1.165) is 50.1 Å². The summed E-state index contributed by atoms with van der Waals surface area (Å²) in [6, 6.07) is 63.2. The average molecular weight is 644 g/mol. The normalized spacial score (nSPS) is 11.7. The highest BCUT2D eigenvalue weighted by atomic mass is 32.1. The highest BCUT2D eigenvalue weighted by Crippen LogP contribution is 2.50. The molecule has 0 N–H and O–H groups in total. The molecule has 0 aliphatic heterocycles. The molecule has 3 heteroatoms. The van der Waals surface area contributed by atoms with Crippen LogP contribution in [0.4, 0.5) is 17.1 Å². The van der Waals surface area contributed by atoms with Crippen molar-refractivity contribution in [1.29, 1.82) is 0 Å². The van der Waals surface area contributed by atoms with E-state index in [4.69, 9.17) is 4.42 Å². The van der Waals surface area contributed by atoms with E-state index in [1.807, 2.05) is 11.3 Å². The second-order valence-electron chi connectivity index (χ2n) is 12.5. The molecule has 0 bridgehead atoms. The largest absolute Gasteiger partial charge is 0.456 e. The molecular weight excluding hydrogens is 615 g/mol. The van der Waals surface area contributed by atoms with Crippen LogP contribution in [-0.2, 0) is 0 Å². The minimum atomic E-state index is 0.882. The second-order valence-corrected chi connectivity index (χ2v) is 13.5. The van der Waals surface area contributed by atoms with E-state index in [9.17, 15) is 0 Å². The van der Waals surface area contributed by atoms with Gasteiger partial charge in [0, 0.05) is 37.5 Å². The summed E-state index contributed by atoms with van der Waals surface area (Å²) in [6.07, 6.45) is 0. The first-order chi connectivity index (χ1) is 24.3. The first-order valence-electron chi connectivity index (χ1n) is 16.6. The predicted octanol–water partition coefficient (Wildman–Crippen LogP) is 13.9. The molecule has 10 rings (SSSR count). The van der Waals surface area contributed by atoms with Gasteiger partial charge in [-0.25, -0.2) is 0 Å². The second kappa shape index (κ2) is 11.2. The molecule has 49 heavy (non-hydrogen) atoms. The summed E-state index contributed by atoms with van der Waals surface area (Å²) in [5.41, 5.74) is 9.82. The topological polar surface area (TPSA) is 16.4 Å². The predicted molar refractivity (Wildman–Crippen MR) is 210 cm³/mol. The van der Waals surface area contributed by atoms with Crippen LogP contribution in [0.25, 0.3) is 75.1 Å². The summed E-state index contributed by atoms with van der Waals surface area (Å²) in [5, 5.41) is 7.17. The van der Waals surface area contributed by atoms with E-state index in [2.05, 4.69) is 181 Å². The zero-order valence-corrected chi connectivity index (χ0v) is 27.3. The number of anilines is 3. The van der Waals surface area contributed by atoms with Crippen LogP contribution in [0.1, 0.15) is 0 Å². The highest BCUT2D eigenvalue weighted by Gasteiger charge is 2.25. The molecule has 10 aromatic rings. The lowest BCUT2D eigenvalue weighted by Gasteiger charge is -2.29. The molecule has 0 saturated heterocycles. The number of thiophene rings is 1. The maximum Gasteiger partial charge on any atom is 0.136 e. The molecule has 2 heterocycles. The third kappa shape index (κ3) is 4.55. The molecule has 0 aliphatic carbocycles. The van der Waals surface area contributed by atoms with Crippen molar-refractivity contribution in [3.8, 4) is 22.3 Å². The van der Waals surface area contributed by atoms with Gasteiger partial charge in [0.25, 0.3) is 0 Å². The van der Waals surface area contributed by atoms with Gasteiger partial charge in [0.1, 0.15) is 11.2 Å². The maximum atomic E-state index is 6.63. The smallest absolute Gasteiger partial charge is 0.136 e. The molecule has 2 aromatic heterocycles. The Morgan fingerprint density at radius 1 is 0.429 bits per heavy atom. The summed E-state index contributed by atoms with van der Waals surface area (Å²) in [4.78, 5) is 2.45. The molecule has 8 aromatic carbocycles. The fourth-order valence-corrected chi connectivity index (χ4v) is 8.58. The maximum absolute atomic E-state index is 6.63. The van der Waals surface area contributed by atoms with E-state index in [0.29, 0.717) is 0 Å². The van der Waals surface area contributed by atoms with Crippen LogP contribution in [0.3, 0.4) is 0 Å². The van der Waals surface area contributed by atoms with Crippen molar-refractivity contribution in [2.24, 2.45) is 0 Å². The van der Waals surface area contributed by atoms with Crippen LogP contribution in [0.2, 0.25) is 0 Å². The van der Waals surface area contributed by atoms with Gasteiger partial charge in [0.05, 0.1) is 16.1 Å². The molecule has 0 radical (unpaired) electrons. The fourth-order valence-electron chi connectivity index (χ4n) is 7.38. The lowest BCUT2D eigenvalue weighted by Crippen LogP contribution is -2.11. The first-order valence-corrected chi connectivity index (χ1v) is 17.4. The Hall–Kier alpha value is -6.16. The molecule has 0 amide bonds. The molecule has 0 spiro atoms. The monoisotopic (exact) mass is 643 g/mol. The Kier molecular flexibility index (Phi) is 6.39. The van der Waals surface area contributed by atoms with Crippen molar-refractivity contribution in [3.63, 3.8) is 0 Å². The molecule has 2 nitrogen and oxygen atoms in total. The zero-order valence-electron chi connectivity index (χ0n) is 26.5. The van der Waals surface area contributed by atoms with Crippen molar-refractivity contribution >= 4 is 81.3 Å². The summed E-state index contributed by atoms with van der Waals surface area (Å²) < 4.78 is 9.18. The quantitative estimate of drug-likeness (QED) is 0.186. The number of furan rings is 1. The van der Waals surface area contributed by atoms with Crippen molar-refractivity contribution < 1.29 is 4.42 Å². The Morgan fingerprint density at radius 2 is 1.08 bits per heavy atom. The Labute approximate surface area is 287 Å². The van der Waals surface area contributed by atoms with Crippen molar-refractivity contribution in [1.82, 2.24) is 0 Å². The van der Waals surface area contributed by atoms with Crippen LogP contribution < -0.4 is 4.90 Å². The third-order valence-corrected chi connectivity index (χ3v) is 10.9. The van der Waals surface area contributed by atoms with Crippen molar-refractivity contribution in [2.75, 3.05) is 4.90 Å². The molecule has 0 aliphatic rings. The van der Waals surface area contributed by atoms with Gasteiger partial charge >= 0.3 is 0 Å². The number of hydrogen-bond donors (Lipinski definition) is 0. The lowest BCUT2D eigenvalue weighted by molar-refractivity contribution is 0.669. The van der Waals surface area contributed by atoms with Crippen molar-refractivity contribution in [3.05, 3.63) is 176 Å². The molecule has 0 fully saturated rings. The standard InChI is InChI=1S/C46H29NOS/c1-3-12-30(13-4-1)31-22-24-35(25-23-31)47(40-20-11-19-37-36-18-9-10-21-43(36)49-46(37)40)39-26-27-41-45(44(39)32-14-5-2-6-15-32)38-28-33-16-7-8-17-34(33)29-42(38)48-41/h1-29H. The zero-order chi connectivity index (χ0) is 32.3. The Balaban J connectivity index is 1.30. The van der Waals surface area contributed by atoms with Gasteiger partial charge < -0.3 is 9.32 Å². The van der Waals surface area contributed by atoms with Crippen LogP contribution in [0.15, 0.2) is 180 Å². The molecular formula is C46H29NOS. The number of hydrogen-bond acceptors (Lipinski definition) is 3. The Bertz CT molecular complexity index is 2810. The van der Waals surface area contributed by atoms with Gasteiger partial charge in [-0.05, 0) is 76.0 Å². The number of nitrogens with zero attached hydrogens (tertiary/aromatic N) is 1. The van der Waals surface area contributed by atoms with Gasteiger partial charge in [-0.15, -0.1) is 11.3 Å². The van der Waals surface area contributed by atoms with Crippen LogP contribution in [-0.4, -0.2) is 0 Å². The SMILES string of the molecule is c1ccc(-c2ccc(N(c3ccc4oc5cc6ccccc6cc5c4c3-c3ccccc3)c3cccc4c3sc3ccccc34)cc2)cc1. The van der Waals surface area contributed by atoms with Gasteiger partial charge in [0.15, 0.2) is 0 Å². The van der Waals surface area contributed by atoms with Crippen LogP contribution in [0.5, 0.6) is 0 Å². The fraction of sp³-hybridized carbons (Fsp3) is 0. The summed E-state index contributed by atoms with van der Waals surface area (Å²) in [7, 11) is 0. The highest BCUT2D eigenvalue weighted by molar-refractivity contribution is 7.26. The molecule has 0 saturated carbocycles. The van der Waals surface area contributed by atoms with Crippen LogP contribution >= 0.6 is 11.3 Å². The van der Waals surface area contributed by atoms with Gasteiger partial charge in [-0.3, -0.25) is 0 Å². The van der Waals surface area contributed by atoms with E-state index in [-0.39, 0.29) is 0 Å². The first kappa shape index (κ1) is 27.9. The van der Waals surface area contributed by atoms with Crippen molar-refractivity contribution in [2.45, 2.75) is 0 Å². The number of fused-ring (bicyclic) bond motifs is 7. The summed E-state index contributed by atoms with van der Waals surface area (Å²) >= 11 is 1.86. The van der Waals surface area contributed by atoms with E-state index >= 15 is 0 Å². The number of benzene rings is 8. The minimum absolute atomic E-state index is 0.882. The van der Waals surface area contributed by atoms with Gasteiger partial charge in [0.2, 0.25) is 0 Å². The van der Waals surface area contributed by atoms with E-state index in [1.54, 1.807) is 0 Å². The summed E-state index contributed by atoms with van der Waals surface area (Å²) in [6.45, 7) is 0. The molecule has 0 unspecified atom stereocenters. The molecule has 230 valence electrons. The van der Waals surface area contributed by atoms with Gasteiger partial charge in [-0.1, -0.05) is 127 Å². The van der Waals surface area contributed by atoms with Crippen LogP contribution in [0, 0.1) is 0 Å². The van der Waals surface area contributed by atoms with E-state index < -0.39 is 0 Å². The average Bonchev–Trinajstić information content (AvgIpc) is 3.73. The third-order valence-electron chi connectivity index (χ3n) is 9.64. The van der Waals surface area contributed by atoms with Gasteiger partial charge in [-0.2, -0.15) is 0 Å². The number of rotatable bonds is 5. The summed E-state index contributed by atoms with van der Waals surface area (Å²) in [5.74, 6) is 0. The Morgan fingerprint density at radius 3 is 1.88 bits per heavy atom. The lowest BCUT2D eigenvalue weighted by atomic mass is 9.95.